The number of amides is 2. The minimum absolute atomic E-state index is 0.0968. The Kier molecular flexibility index (Phi) is 4.66. The molecule has 6 heteroatoms. The van der Waals surface area contributed by atoms with E-state index in [0.29, 0.717) is 10.7 Å². The van der Waals surface area contributed by atoms with Crippen LogP contribution in [-0.2, 0) is 9.59 Å². The van der Waals surface area contributed by atoms with Crippen molar-refractivity contribution in [1.82, 2.24) is 0 Å². The van der Waals surface area contributed by atoms with Gasteiger partial charge < -0.3 is 9.80 Å². The van der Waals surface area contributed by atoms with Crippen LogP contribution in [0.1, 0.15) is 6.42 Å². The summed E-state index contributed by atoms with van der Waals surface area (Å²) in [4.78, 5) is 30.2. The highest BCUT2D eigenvalue weighted by Crippen LogP contribution is 2.24. The number of nitrogens with one attached hydrogen (secondary N) is 1. The number of carbonyl (C=O) groups is 2. The van der Waals surface area contributed by atoms with Crippen molar-refractivity contribution in [3.05, 3.63) is 59.6 Å². The summed E-state index contributed by atoms with van der Waals surface area (Å²) in [6.45, 7) is 3.48. The van der Waals surface area contributed by atoms with Gasteiger partial charge in [-0.25, -0.2) is 4.90 Å². The number of hydrogen-bond donors (Lipinski definition) is 1. The summed E-state index contributed by atoms with van der Waals surface area (Å²) >= 11 is 5.91. The van der Waals surface area contributed by atoms with Crippen molar-refractivity contribution in [2.75, 3.05) is 36.0 Å². The molecule has 0 aliphatic carbocycles. The number of rotatable bonds is 3. The Labute approximate surface area is 157 Å². The fourth-order valence-electron chi connectivity index (χ4n) is 3.85. The van der Waals surface area contributed by atoms with E-state index in [-0.39, 0.29) is 24.3 Å². The van der Waals surface area contributed by atoms with Crippen LogP contribution in [0.15, 0.2) is 54.6 Å². The van der Waals surface area contributed by atoms with Gasteiger partial charge in [-0.3, -0.25) is 9.59 Å². The SMILES string of the molecule is O=C1CC([NH+]2CCN(c3ccccc3)CC2)C(=O)N1c1ccc(Cl)cc1. The number of benzene rings is 2. The second-order valence-electron chi connectivity index (χ2n) is 6.78. The lowest BCUT2D eigenvalue weighted by Crippen LogP contribution is -3.19. The fourth-order valence-corrected chi connectivity index (χ4v) is 3.98. The van der Waals surface area contributed by atoms with Crippen LogP contribution in [0.5, 0.6) is 0 Å². The molecule has 1 unspecified atom stereocenters. The lowest BCUT2D eigenvalue weighted by molar-refractivity contribution is -0.915. The minimum atomic E-state index is -0.281. The standard InChI is InChI=1S/C20H20ClN3O2/c21-15-6-8-17(9-7-15)24-19(25)14-18(20(24)26)23-12-10-22(11-13-23)16-4-2-1-3-5-16/h1-9,18H,10-14H2/p+1. The van der Waals surface area contributed by atoms with E-state index in [0.717, 1.165) is 26.2 Å². The molecule has 2 amide bonds. The maximum absolute atomic E-state index is 12.9. The van der Waals surface area contributed by atoms with E-state index in [2.05, 4.69) is 17.0 Å². The van der Waals surface area contributed by atoms with Gasteiger partial charge in [-0.05, 0) is 36.4 Å². The molecule has 0 aromatic heterocycles. The van der Waals surface area contributed by atoms with Crippen LogP contribution in [0, 0.1) is 0 Å². The normalized spacial score (nSPS) is 21.5. The summed E-state index contributed by atoms with van der Waals surface area (Å²) in [6, 6.07) is 16.9. The first-order chi connectivity index (χ1) is 12.6. The molecule has 26 heavy (non-hydrogen) atoms. The molecule has 5 nitrogen and oxygen atoms in total. The van der Waals surface area contributed by atoms with Crippen molar-refractivity contribution in [1.29, 1.82) is 0 Å². The van der Waals surface area contributed by atoms with Crippen LogP contribution in [0.25, 0.3) is 0 Å². The molecule has 0 radical (unpaired) electrons. The molecule has 0 spiro atoms. The zero-order valence-corrected chi connectivity index (χ0v) is 15.2. The fraction of sp³-hybridized carbons (Fsp3) is 0.300. The first-order valence-corrected chi connectivity index (χ1v) is 9.28. The van der Waals surface area contributed by atoms with Crippen molar-refractivity contribution in [2.24, 2.45) is 0 Å². The summed E-state index contributed by atoms with van der Waals surface area (Å²) in [5, 5.41) is 0.590. The molecule has 1 N–H and O–H groups in total. The lowest BCUT2D eigenvalue weighted by Gasteiger charge is -2.35. The van der Waals surface area contributed by atoms with Crippen molar-refractivity contribution in [3.63, 3.8) is 0 Å². The predicted molar refractivity (Wildman–Crippen MR) is 102 cm³/mol. The van der Waals surface area contributed by atoms with Crippen LogP contribution in [-0.4, -0.2) is 44.0 Å². The summed E-state index contributed by atoms with van der Waals surface area (Å²) in [5.41, 5.74) is 1.82. The zero-order valence-electron chi connectivity index (χ0n) is 14.4. The summed E-state index contributed by atoms with van der Waals surface area (Å²) in [7, 11) is 0. The molecular formula is C20H21ClN3O2+. The van der Waals surface area contributed by atoms with Crippen molar-refractivity contribution >= 4 is 34.8 Å². The van der Waals surface area contributed by atoms with E-state index in [1.807, 2.05) is 18.2 Å². The van der Waals surface area contributed by atoms with E-state index >= 15 is 0 Å². The van der Waals surface area contributed by atoms with E-state index in [9.17, 15) is 9.59 Å². The quantitative estimate of drug-likeness (QED) is 0.830. The van der Waals surface area contributed by atoms with Gasteiger partial charge in [0.1, 0.15) is 0 Å². The van der Waals surface area contributed by atoms with Crippen molar-refractivity contribution < 1.29 is 14.5 Å². The number of piperazine rings is 1. The van der Waals surface area contributed by atoms with Crippen LogP contribution >= 0.6 is 11.6 Å². The topological polar surface area (TPSA) is 45.1 Å². The summed E-state index contributed by atoms with van der Waals surface area (Å²) < 4.78 is 0. The Morgan fingerprint density at radius 2 is 1.54 bits per heavy atom. The highest BCUT2D eigenvalue weighted by molar-refractivity contribution is 6.30. The maximum atomic E-state index is 12.9. The van der Waals surface area contributed by atoms with Crippen LogP contribution in [0.3, 0.4) is 0 Å². The van der Waals surface area contributed by atoms with Gasteiger partial charge in [-0.1, -0.05) is 29.8 Å². The third-order valence-corrected chi connectivity index (χ3v) is 5.50. The van der Waals surface area contributed by atoms with Gasteiger partial charge in [0.2, 0.25) is 5.91 Å². The maximum Gasteiger partial charge on any atom is 0.292 e. The van der Waals surface area contributed by atoms with Crippen LogP contribution < -0.4 is 14.7 Å². The molecule has 2 aromatic rings. The van der Waals surface area contributed by atoms with Crippen LogP contribution in [0.2, 0.25) is 5.02 Å². The second-order valence-corrected chi connectivity index (χ2v) is 7.22. The van der Waals surface area contributed by atoms with Crippen molar-refractivity contribution in [3.8, 4) is 0 Å². The molecule has 2 aromatic carbocycles. The molecule has 0 bridgehead atoms. The van der Waals surface area contributed by atoms with Gasteiger partial charge in [-0.15, -0.1) is 0 Å². The van der Waals surface area contributed by atoms with Crippen molar-refractivity contribution in [2.45, 2.75) is 12.5 Å². The molecule has 2 aliphatic heterocycles. The Balaban J connectivity index is 1.44. The first-order valence-electron chi connectivity index (χ1n) is 8.90. The molecule has 4 rings (SSSR count). The third-order valence-electron chi connectivity index (χ3n) is 5.25. The van der Waals surface area contributed by atoms with E-state index < -0.39 is 0 Å². The molecule has 134 valence electrons. The highest BCUT2D eigenvalue weighted by atomic mass is 35.5. The summed E-state index contributed by atoms with van der Waals surface area (Å²) in [6.07, 6.45) is 0.280. The molecule has 2 aliphatic rings. The number of nitrogens with zero attached hydrogens (tertiary/aromatic N) is 2. The number of quaternary nitrogens is 1. The average Bonchev–Trinajstić information content (AvgIpc) is 2.98. The van der Waals surface area contributed by atoms with E-state index in [1.54, 1.807) is 24.3 Å². The molecule has 1 atom stereocenters. The van der Waals surface area contributed by atoms with Gasteiger partial charge in [0.25, 0.3) is 5.91 Å². The first kappa shape index (κ1) is 17.1. The Morgan fingerprint density at radius 3 is 2.19 bits per heavy atom. The van der Waals surface area contributed by atoms with E-state index in [4.69, 9.17) is 11.6 Å². The highest BCUT2D eigenvalue weighted by Gasteiger charge is 2.46. The smallest absolute Gasteiger partial charge is 0.292 e. The third kappa shape index (κ3) is 3.20. The molecular weight excluding hydrogens is 350 g/mol. The van der Waals surface area contributed by atoms with Gasteiger partial charge in [0, 0.05) is 10.7 Å². The van der Waals surface area contributed by atoms with Gasteiger partial charge >= 0.3 is 0 Å². The Hall–Kier alpha value is -2.37. The van der Waals surface area contributed by atoms with E-state index in [1.165, 1.54) is 15.5 Å². The Bertz CT molecular complexity index is 802. The number of hydrogen-bond acceptors (Lipinski definition) is 3. The Morgan fingerprint density at radius 1 is 0.885 bits per heavy atom. The number of carbonyl (C=O) groups excluding carboxylic acids is 2. The predicted octanol–water partition coefficient (Wildman–Crippen LogP) is 1.38. The number of imide groups is 1. The number of anilines is 2. The minimum Gasteiger partial charge on any atom is -0.360 e. The average molecular weight is 371 g/mol. The molecule has 0 saturated carbocycles. The molecule has 2 fully saturated rings. The summed E-state index contributed by atoms with van der Waals surface area (Å²) in [5.74, 6) is -0.221. The van der Waals surface area contributed by atoms with Crippen LogP contribution in [0.4, 0.5) is 11.4 Å². The lowest BCUT2D eigenvalue weighted by atomic mass is 10.1. The number of halogens is 1. The number of para-hydroxylation sites is 1. The van der Waals surface area contributed by atoms with Gasteiger partial charge in [0.05, 0.1) is 38.3 Å². The molecule has 2 saturated heterocycles. The second kappa shape index (κ2) is 7.09. The largest absolute Gasteiger partial charge is 0.360 e. The van der Waals surface area contributed by atoms with Gasteiger partial charge in [-0.2, -0.15) is 0 Å². The monoisotopic (exact) mass is 370 g/mol. The zero-order chi connectivity index (χ0) is 18.1. The van der Waals surface area contributed by atoms with Gasteiger partial charge in [0.15, 0.2) is 6.04 Å². The molecule has 2 heterocycles.